The van der Waals surface area contributed by atoms with E-state index in [2.05, 4.69) is 24.3 Å². The first-order chi connectivity index (χ1) is 9.72. The molecule has 0 heterocycles. The fourth-order valence-electron chi connectivity index (χ4n) is 2.82. The molecule has 0 spiro atoms. The maximum Gasteiger partial charge on any atom is 0.188 e. The number of carbonyl (C=O) groups is 1. The minimum atomic E-state index is -1.04. The van der Waals surface area contributed by atoms with Crippen LogP contribution >= 0.6 is 0 Å². The van der Waals surface area contributed by atoms with Crippen LogP contribution in [0.5, 0.6) is 0 Å². The van der Waals surface area contributed by atoms with Crippen LogP contribution in [0.3, 0.4) is 0 Å². The quantitative estimate of drug-likeness (QED) is 0.627. The van der Waals surface area contributed by atoms with Gasteiger partial charge in [-0.1, -0.05) is 30.3 Å². The smallest absolute Gasteiger partial charge is 0.188 e. The summed E-state index contributed by atoms with van der Waals surface area (Å²) in [4.78, 5) is 11.6. The number of carbonyl (C=O) groups excluding carboxylic acids is 1. The molecule has 0 fully saturated rings. The van der Waals surface area contributed by atoms with Crippen LogP contribution in [0.15, 0.2) is 54.6 Å². The molecule has 0 aliphatic heterocycles. The Labute approximate surface area is 116 Å². The number of benzene rings is 3. The van der Waals surface area contributed by atoms with Gasteiger partial charge in [0.1, 0.15) is 6.10 Å². The van der Waals surface area contributed by atoms with E-state index in [0.29, 0.717) is 5.56 Å². The number of ketones is 1. The average Bonchev–Trinajstić information content (AvgIpc) is 2.47. The van der Waals surface area contributed by atoms with Gasteiger partial charge in [-0.3, -0.25) is 4.79 Å². The predicted octanol–water partition coefficient (Wildman–Crippen LogP) is 3.62. The van der Waals surface area contributed by atoms with Gasteiger partial charge in [-0.15, -0.1) is 0 Å². The van der Waals surface area contributed by atoms with Gasteiger partial charge >= 0.3 is 0 Å². The Bertz CT molecular complexity index is 890. The first kappa shape index (κ1) is 11.4. The van der Waals surface area contributed by atoms with Crippen LogP contribution in [0.25, 0.3) is 27.6 Å². The lowest BCUT2D eigenvalue weighted by Crippen LogP contribution is -2.13. The van der Waals surface area contributed by atoms with Crippen molar-refractivity contribution in [3.8, 4) is 0 Å². The highest BCUT2D eigenvalue weighted by atomic mass is 16.3. The molecule has 20 heavy (non-hydrogen) atoms. The zero-order valence-corrected chi connectivity index (χ0v) is 10.7. The lowest BCUT2D eigenvalue weighted by molar-refractivity contribution is -0.122. The van der Waals surface area contributed by atoms with Crippen LogP contribution in [0.1, 0.15) is 17.2 Å². The van der Waals surface area contributed by atoms with Crippen molar-refractivity contribution in [3.05, 3.63) is 65.7 Å². The van der Waals surface area contributed by atoms with E-state index in [0.717, 1.165) is 21.7 Å². The van der Waals surface area contributed by atoms with Gasteiger partial charge in [-0.05, 0) is 63.0 Å². The second kappa shape index (κ2) is 4.02. The molecule has 0 aromatic heterocycles. The third kappa shape index (κ3) is 1.59. The summed E-state index contributed by atoms with van der Waals surface area (Å²) in [6.07, 6.45) is 2.18. The SMILES string of the molecule is O=C1C=Cc2cc3cc4ccccc4cc3cc2C1O. The van der Waals surface area contributed by atoms with Gasteiger partial charge in [0, 0.05) is 0 Å². The van der Waals surface area contributed by atoms with Crippen molar-refractivity contribution < 1.29 is 9.90 Å². The van der Waals surface area contributed by atoms with Crippen molar-refractivity contribution in [1.82, 2.24) is 0 Å². The van der Waals surface area contributed by atoms with E-state index < -0.39 is 6.10 Å². The zero-order chi connectivity index (χ0) is 13.7. The molecule has 4 rings (SSSR count). The number of rotatable bonds is 0. The van der Waals surface area contributed by atoms with Crippen LogP contribution < -0.4 is 0 Å². The molecule has 2 heteroatoms. The van der Waals surface area contributed by atoms with E-state index in [1.807, 2.05) is 24.3 Å². The minimum absolute atomic E-state index is 0.252. The molecule has 1 aliphatic rings. The second-order valence-electron chi connectivity index (χ2n) is 5.17. The van der Waals surface area contributed by atoms with E-state index in [4.69, 9.17) is 0 Å². The van der Waals surface area contributed by atoms with Crippen LogP contribution in [0, 0.1) is 0 Å². The molecule has 1 aliphatic carbocycles. The van der Waals surface area contributed by atoms with Gasteiger partial charge in [0.05, 0.1) is 0 Å². The lowest BCUT2D eigenvalue weighted by Gasteiger charge is -2.17. The summed E-state index contributed by atoms with van der Waals surface area (Å²) >= 11 is 0. The molecule has 0 saturated carbocycles. The molecule has 1 N–H and O–H groups in total. The number of aliphatic hydroxyl groups excluding tert-OH is 1. The number of hydrogen-bond acceptors (Lipinski definition) is 2. The molecule has 0 radical (unpaired) electrons. The van der Waals surface area contributed by atoms with E-state index in [-0.39, 0.29) is 5.78 Å². The van der Waals surface area contributed by atoms with Crippen molar-refractivity contribution >= 4 is 33.4 Å². The zero-order valence-electron chi connectivity index (χ0n) is 10.7. The molecular weight excluding hydrogens is 248 g/mol. The van der Waals surface area contributed by atoms with Crippen molar-refractivity contribution in [2.24, 2.45) is 0 Å². The monoisotopic (exact) mass is 260 g/mol. The molecule has 0 bridgehead atoms. The maximum atomic E-state index is 11.6. The van der Waals surface area contributed by atoms with Gasteiger partial charge < -0.3 is 5.11 Å². The molecule has 0 saturated heterocycles. The first-order valence-electron chi connectivity index (χ1n) is 6.59. The number of aliphatic hydroxyl groups is 1. The van der Waals surface area contributed by atoms with E-state index in [1.165, 1.54) is 11.5 Å². The first-order valence-corrected chi connectivity index (χ1v) is 6.59. The van der Waals surface area contributed by atoms with Crippen molar-refractivity contribution in [1.29, 1.82) is 0 Å². The maximum absolute atomic E-state index is 11.6. The highest BCUT2D eigenvalue weighted by Crippen LogP contribution is 2.31. The molecular formula is C18H12O2. The normalized spacial score (nSPS) is 17.6. The van der Waals surface area contributed by atoms with Gasteiger partial charge in [-0.2, -0.15) is 0 Å². The van der Waals surface area contributed by atoms with Gasteiger partial charge in [0.25, 0.3) is 0 Å². The average molecular weight is 260 g/mol. The summed E-state index contributed by atoms with van der Waals surface area (Å²) < 4.78 is 0. The fourth-order valence-corrected chi connectivity index (χ4v) is 2.82. The number of hydrogen-bond donors (Lipinski definition) is 1. The van der Waals surface area contributed by atoms with E-state index >= 15 is 0 Å². The second-order valence-corrected chi connectivity index (χ2v) is 5.17. The minimum Gasteiger partial charge on any atom is -0.380 e. The van der Waals surface area contributed by atoms with Crippen LogP contribution in [0.4, 0.5) is 0 Å². The molecule has 2 nitrogen and oxygen atoms in total. The van der Waals surface area contributed by atoms with Crippen molar-refractivity contribution in [2.45, 2.75) is 6.10 Å². The highest BCUT2D eigenvalue weighted by molar-refractivity contribution is 6.04. The largest absolute Gasteiger partial charge is 0.380 e. The van der Waals surface area contributed by atoms with E-state index in [1.54, 1.807) is 6.08 Å². The summed E-state index contributed by atoms with van der Waals surface area (Å²) in [5.41, 5.74) is 1.61. The summed E-state index contributed by atoms with van der Waals surface area (Å²) in [6, 6.07) is 16.4. The van der Waals surface area contributed by atoms with Crippen molar-refractivity contribution in [2.75, 3.05) is 0 Å². The summed E-state index contributed by atoms with van der Waals surface area (Å²) in [7, 11) is 0. The Morgan fingerprint density at radius 2 is 1.45 bits per heavy atom. The standard InChI is InChI=1S/C18H12O2/c19-17-6-5-13-9-14-7-11-3-1-2-4-12(11)8-15(14)10-16(13)18(17)20/h1-10,18,20H. The van der Waals surface area contributed by atoms with Crippen molar-refractivity contribution in [3.63, 3.8) is 0 Å². The Balaban J connectivity index is 2.07. The van der Waals surface area contributed by atoms with Crippen LogP contribution in [-0.2, 0) is 4.79 Å². The van der Waals surface area contributed by atoms with Gasteiger partial charge in [0.2, 0.25) is 0 Å². The summed E-state index contributed by atoms with van der Waals surface area (Å²) in [5, 5.41) is 14.5. The summed E-state index contributed by atoms with van der Waals surface area (Å²) in [6.45, 7) is 0. The highest BCUT2D eigenvalue weighted by Gasteiger charge is 2.21. The van der Waals surface area contributed by atoms with Gasteiger partial charge in [-0.25, -0.2) is 0 Å². The van der Waals surface area contributed by atoms with Crippen LogP contribution in [-0.4, -0.2) is 10.9 Å². The Morgan fingerprint density at radius 1 is 0.800 bits per heavy atom. The third-order valence-corrected chi connectivity index (χ3v) is 3.90. The number of fused-ring (bicyclic) bond motifs is 3. The van der Waals surface area contributed by atoms with Gasteiger partial charge in [0.15, 0.2) is 5.78 Å². The third-order valence-electron chi connectivity index (χ3n) is 3.90. The lowest BCUT2D eigenvalue weighted by atomic mass is 9.90. The summed E-state index contributed by atoms with van der Waals surface area (Å²) in [5.74, 6) is -0.252. The van der Waals surface area contributed by atoms with Crippen LogP contribution in [0.2, 0.25) is 0 Å². The molecule has 3 aromatic rings. The predicted molar refractivity (Wildman–Crippen MR) is 80.5 cm³/mol. The topological polar surface area (TPSA) is 37.3 Å². The Hall–Kier alpha value is -2.45. The Morgan fingerprint density at radius 3 is 2.15 bits per heavy atom. The molecule has 1 unspecified atom stereocenters. The molecule has 1 atom stereocenters. The molecule has 96 valence electrons. The van der Waals surface area contributed by atoms with E-state index in [9.17, 15) is 9.90 Å². The molecule has 0 amide bonds. The Kier molecular flexibility index (Phi) is 2.29. The fraction of sp³-hybridized carbons (Fsp3) is 0.0556. The molecule has 3 aromatic carbocycles.